The highest BCUT2D eigenvalue weighted by Gasteiger charge is 2.10. The largest absolute Gasteiger partial charge is 0.497 e. The highest BCUT2D eigenvalue weighted by Crippen LogP contribution is 2.11. The highest BCUT2D eigenvalue weighted by molar-refractivity contribution is 5.50. The normalized spacial score (nSPS) is 14.1. The summed E-state index contributed by atoms with van der Waals surface area (Å²) in [5.41, 5.74) is 1.64. The molecule has 0 spiro atoms. The van der Waals surface area contributed by atoms with Crippen LogP contribution < -0.4 is 21.0 Å². The summed E-state index contributed by atoms with van der Waals surface area (Å²) >= 11 is 0. The summed E-state index contributed by atoms with van der Waals surface area (Å²) in [6.07, 6.45) is 5.66. The van der Waals surface area contributed by atoms with Gasteiger partial charge >= 0.3 is 0 Å². The Morgan fingerprint density at radius 1 is 1.32 bits per heavy atom. The zero-order valence-electron chi connectivity index (χ0n) is 12.0. The first kappa shape index (κ1) is 12.8. The molecule has 0 radical (unpaired) electrons. The van der Waals surface area contributed by atoms with Gasteiger partial charge < -0.3 is 4.74 Å². The van der Waals surface area contributed by atoms with Gasteiger partial charge in [0, 0.05) is 0 Å². The molecule has 110 valence electrons. The SMILES string of the molecule is COc1ccc(/C=c2/c(=O)[nH]c3nc4c(nn23)CCC=4)cc1. The molecule has 0 saturated carbocycles. The van der Waals surface area contributed by atoms with Gasteiger partial charge in [0.1, 0.15) is 11.1 Å². The molecule has 0 aliphatic heterocycles. The molecule has 1 aliphatic rings. The Labute approximate surface area is 125 Å². The van der Waals surface area contributed by atoms with Crippen molar-refractivity contribution in [2.24, 2.45) is 0 Å². The van der Waals surface area contributed by atoms with Crippen LogP contribution in [0.4, 0.5) is 0 Å². The number of fused-ring (bicyclic) bond motifs is 2. The number of aromatic nitrogens is 4. The molecular formula is C16H14N4O2. The van der Waals surface area contributed by atoms with Crippen LogP contribution in [0.5, 0.6) is 5.75 Å². The van der Waals surface area contributed by atoms with Gasteiger partial charge in [0.2, 0.25) is 5.78 Å². The molecule has 2 heterocycles. The summed E-state index contributed by atoms with van der Waals surface area (Å²) in [6, 6.07) is 7.50. The molecule has 0 bridgehead atoms. The predicted octanol–water partition coefficient (Wildman–Crippen LogP) is -0.0183. The van der Waals surface area contributed by atoms with Crippen molar-refractivity contribution in [3.05, 3.63) is 56.6 Å². The lowest BCUT2D eigenvalue weighted by molar-refractivity contribution is 0.415. The molecule has 0 amide bonds. The van der Waals surface area contributed by atoms with E-state index in [1.165, 1.54) is 0 Å². The third kappa shape index (κ3) is 2.00. The Morgan fingerprint density at radius 3 is 2.91 bits per heavy atom. The second kappa shape index (κ2) is 4.84. The Morgan fingerprint density at radius 2 is 2.14 bits per heavy atom. The van der Waals surface area contributed by atoms with Crippen molar-refractivity contribution in [1.29, 1.82) is 0 Å². The maximum atomic E-state index is 12.2. The molecule has 3 aromatic rings. The Kier molecular flexibility index (Phi) is 2.82. The predicted molar refractivity (Wildman–Crippen MR) is 82.2 cm³/mol. The quantitative estimate of drug-likeness (QED) is 0.721. The highest BCUT2D eigenvalue weighted by atomic mass is 16.5. The molecule has 2 aromatic heterocycles. The number of H-pyrrole nitrogens is 1. The van der Waals surface area contributed by atoms with Crippen LogP contribution in [0, 0.1) is 0 Å². The molecule has 6 heteroatoms. The zero-order valence-corrected chi connectivity index (χ0v) is 12.0. The molecule has 0 fully saturated rings. The van der Waals surface area contributed by atoms with E-state index < -0.39 is 0 Å². The fourth-order valence-corrected chi connectivity index (χ4v) is 2.63. The first-order chi connectivity index (χ1) is 10.7. The Bertz CT molecular complexity index is 1030. The van der Waals surface area contributed by atoms with Crippen LogP contribution in [0.1, 0.15) is 17.7 Å². The fourth-order valence-electron chi connectivity index (χ4n) is 2.63. The van der Waals surface area contributed by atoms with Gasteiger partial charge in [-0.25, -0.2) is 4.98 Å². The average Bonchev–Trinajstić information content (AvgIpc) is 3.10. The lowest BCUT2D eigenvalue weighted by atomic mass is 10.2. The first-order valence-corrected chi connectivity index (χ1v) is 7.08. The molecule has 0 unspecified atom stereocenters. The number of methoxy groups -OCH3 is 1. The van der Waals surface area contributed by atoms with Crippen molar-refractivity contribution in [3.63, 3.8) is 0 Å². The third-order valence-electron chi connectivity index (χ3n) is 3.77. The number of aryl methyl sites for hydroxylation is 1. The molecule has 1 N–H and O–H groups in total. The standard InChI is InChI=1S/C16H14N4O2/c1-22-11-7-5-10(6-8-11)9-14-15(21)18-16-17-12-3-2-4-13(12)19-20(14)16/h3,5-9H,2,4H2,1H3,(H,17,18,21)/b14-9-. The monoisotopic (exact) mass is 294 g/mol. The molecule has 0 saturated heterocycles. The molecule has 1 aromatic carbocycles. The Hall–Kier alpha value is -2.89. The van der Waals surface area contributed by atoms with Gasteiger partial charge in [-0.1, -0.05) is 18.2 Å². The van der Waals surface area contributed by atoms with E-state index in [9.17, 15) is 4.79 Å². The second-order valence-corrected chi connectivity index (χ2v) is 5.18. The number of imidazole rings is 1. The van der Waals surface area contributed by atoms with Gasteiger partial charge in [0.25, 0.3) is 5.56 Å². The number of nitrogens with zero attached hydrogens (tertiary/aromatic N) is 3. The van der Waals surface area contributed by atoms with E-state index in [2.05, 4.69) is 15.1 Å². The van der Waals surface area contributed by atoms with Crippen LogP contribution in [-0.4, -0.2) is 26.7 Å². The van der Waals surface area contributed by atoms with Crippen LogP contribution in [0.3, 0.4) is 0 Å². The van der Waals surface area contributed by atoms with Crippen molar-refractivity contribution < 1.29 is 4.74 Å². The number of aromatic amines is 1. The van der Waals surface area contributed by atoms with Gasteiger partial charge in [-0.05, 0) is 36.6 Å². The molecule has 4 rings (SSSR count). The molecular weight excluding hydrogens is 280 g/mol. The van der Waals surface area contributed by atoms with Gasteiger partial charge in [-0.3, -0.25) is 9.78 Å². The summed E-state index contributed by atoms with van der Waals surface area (Å²) in [6.45, 7) is 0. The van der Waals surface area contributed by atoms with E-state index >= 15 is 0 Å². The van der Waals surface area contributed by atoms with Crippen LogP contribution in [0.2, 0.25) is 0 Å². The molecule has 0 atom stereocenters. The van der Waals surface area contributed by atoms with E-state index in [-0.39, 0.29) is 5.56 Å². The Balaban J connectivity index is 1.94. The maximum absolute atomic E-state index is 12.2. The van der Waals surface area contributed by atoms with Crippen molar-refractivity contribution >= 4 is 17.9 Å². The van der Waals surface area contributed by atoms with E-state index in [0.717, 1.165) is 35.2 Å². The van der Waals surface area contributed by atoms with Crippen LogP contribution in [-0.2, 0) is 6.42 Å². The molecule has 6 nitrogen and oxygen atoms in total. The number of hydrogen-bond acceptors (Lipinski definition) is 4. The van der Waals surface area contributed by atoms with E-state index in [4.69, 9.17) is 4.74 Å². The van der Waals surface area contributed by atoms with Gasteiger partial charge in [0.05, 0.1) is 18.2 Å². The van der Waals surface area contributed by atoms with E-state index in [0.29, 0.717) is 11.1 Å². The summed E-state index contributed by atoms with van der Waals surface area (Å²) in [4.78, 5) is 19.4. The number of nitrogens with one attached hydrogen (secondary N) is 1. The van der Waals surface area contributed by atoms with Crippen LogP contribution in [0.15, 0.2) is 29.1 Å². The van der Waals surface area contributed by atoms with Gasteiger partial charge in [-0.2, -0.15) is 9.61 Å². The number of rotatable bonds is 2. The summed E-state index contributed by atoms with van der Waals surface area (Å²) in [7, 11) is 1.62. The van der Waals surface area contributed by atoms with Crippen molar-refractivity contribution in [3.8, 4) is 5.75 Å². The fraction of sp³-hybridized carbons (Fsp3) is 0.188. The van der Waals surface area contributed by atoms with Crippen molar-refractivity contribution in [1.82, 2.24) is 19.6 Å². The van der Waals surface area contributed by atoms with Crippen molar-refractivity contribution in [2.75, 3.05) is 7.11 Å². The molecule has 22 heavy (non-hydrogen) atoms. The summed E-state index contributed by atoms with van der Waals surface area (Å²) in [5, 5.41) is 5.89. The molecule has 1 aliphatic carbocycles. The third-order valence-corrected chi connectivity index (χ3v) is 3.77. The maximum Gasteiger partial charge on any atom is 0.276 e. The minimum absolute atomic E-state index is 0.195. The summed E-state index contributed by atoms with van der Waals surface area (Å²) in [5.74, 6) is 1.25. The van der Waals surface area contributed by atoms with Crippen LogP contribution in [0.25, 0.3) is 17.9 Å². The van der Waals surface area contributed by atoms with Gasteiger partial charge in [0.15, 0.2) is 0 Å². The smallest absolute Gasteiger partial charge is 0.276 e. The van der Waals surface area contributed by atoms with Crippen LogP contribution >= 0.6 is 0 Å². The van der Waals surface area contributed by atoms with Gasteiger partial charge in [-0.15, -0.1) is 0 Å². The first-order valence-electron chi connectivity index (χ1n) is 7.08. The van der Waals surface area contributed by atoms with E-state index in [1.807, 2.05) is 30.3 Å². The minimum Gasteiger partial charge on any atom is -0.497 e. The van der Waals surface area contributed by atoms with E-state index in [1.54, 1.807) is 17.7 Å². The lowest BCUT2D eigenvalue weighted by Crippen LogP contribution is -2.28. The second-order valence-electron chi connectivity index (χ2n) is 5.18. The number of hydrogen-bond donors (Lipinski definition) is 1. The topological polar surface area (TPSA) is 72.3 Å². The zero-order chi connectivity index (χ0) is 15.1. The lowest BCUT2D eigenvalue weighted by Gasteiger charge is -1.99. The minimum atomic E-state index is -0.195. The average molecular weight is 294 g/mol. The summed E-state index contributed by atoms with van der Waals surface area (Å²) < 4.78 is 6.72. The van der Waals surface area contributed by atoms with Crippen molar-refractivity contribution in [2.45, 2.75) is 12.8 Å². The number of benzene rings is 1. The number of ether oxygens (including phenoxy) is 1.